The van der Waals surface area contributed by atoms with Gasteiger partial charge in [0, 0.05) is 34.7 Å². The molecule has 0 bridgehead atoms. The highest BCUT2D eigenvalue weighted by Gasteiger charge is 2.47. The molecule has 0 saturated heterocycles. The molecule has 37 heavy (non-hydrogen) atoms. The Morgan fingerprint density at radius 1 is 0.973 bits per heavy atom. The molecule has 0 fully saturated rings. The van der Waals surface area contributed by atoms with Crippen LogP contribution in [0.3, 0.4) is 0 Å². The molecule has 0 saturated carbocycles. The number of carbonyl (C=O) groups excluding carboxylic acids is 1. The first-order valence-corrected chi connectivity index (χ1v) is 12.5. The fraction of sp³-hybridized carbons (Fsp3) is 0.250. The zero-order valence-electron chi connectivity index (χ0n) is 21.6. The molecule has 0 radical (unpaired) electrons. The zero-order valence-corrected chi connectivity index (χ0v) is 21.6. The second-order valence-electron chi connectivity index (χ2n) is 10.9. The number of carbonyl (C=O) groups is 1. The summed E-state index contributed by atoms with van der Waals surface area (Å²) in [5, 5.41) is 21.2. The van der Waals surface area contributed by atoms with Gasteiger partial charge in [0.05, 0.1) is 5.69 Å². The van der Waals surface area contributed by atoms with Gasteiger partial charge < -0.3 is 5.11 Å². The number of allylic oxidation sites excluding steroid dienone is 2. The number of hydrogen-bond acceptors (Lipinski definition) is 3. The van der Waals surface area contributed by atoms with Crippen molar-refractivity contribution in [2.24, 2.45) is 5.41 Å². The SMILES string of the molecule is Cc1ccc(/C(O)=C2\C(=N)N(c3ccccc3C)C3=C(C(=O)CC(C)(C)C3)C2c2ccc(F)cc2)cc1. The quantitative estimate of drug-likeness (QED) is 0.368. The molecule has 4 nitrogen and oxygen atoms in total. The standard InChI is InChI=1S/C32H31FN2O2/c1-19-9-11-22(12-10-19)30(37)29-27(21-13-15-23(33)16-14-21)28-25(17-32(3,4)18-26(28)36)35(31(29)34)24-8-6-5-7-20(24)2/h5-16,27,34,37H,17-18H2,1-4H3/b30-29+,34-31?. The van der Waals surface area contributed by atoms with E-state index in [-0.39, 0.29) is 28.6 Å². The van der Waals surface area contributed by atoms with Crippen LogP contribution in [0, 0.1) is 30.5 Å². The lowest BCUT2D eigenvalue weighted by Gasteiger charge is -2.45. The van der Waals surface area contributed by atoms with Crippen LogP contribution in [-0.2, 0) is 4.79 Å². The van der Waals surface area contributed by atoms with E-state index in [1.807, 2.05) is 67.3 Å². The van der Waals surface area contributed by atoms with Crippen molar-refractivity contribution in [1.82, 2.24) is 0 Å². The molecule has 188 valence electrons. The van der Waals surface area contributed by atoms with Crippen molar-refractivity contribution in [3.05, 3.63) is 118 Å². The summed E-state index contributed by atoms with van der Waals surface area (Å²) in [6.07, 6.45) is 0.956. The van der Waals surface area contributed by atoms with E-state index in [4.69, 9.17) is 0 Å². The van der Waals surface area contributed by atoms with E-state index in [0.29, 0.717) is 35.1 Å². The molecule has 5 heteroatoms. The third-order valence-corrected chi connectivity index (χ3v) is 7.36. The van der Waals surface area contributed by atoms with E-state index >= 15 is 0 Å². The van der Waals surface area contributed by atoms with E-state index in [0.717, 1.165) is 22.5 Å². The van der Waals surface area contributed by atoms with Gasteiger partial charge in [0.25, 0.3) is 0 Å². The Labute approximate surface area is 217 Å². The molecule has 0 amide bonds. The number of amidine groups is 1. The second kappa shape index (κ2) is 9.15. The zero-order chi connectivity index (χ0) is 26.5. The number of nitrogens with one attached hydrogen (secondary N) is 1. The van der Waals surface area contributed by atoms with E-state index < -0.39 is 5.92 Å². The highest BCUT2D eigenvalue weighted by Crippen LogP contribution is 2.51. The maximum Gasteiger partial charge on any atom is 0.162 e. The lowest BCUT2D eigenvalue weighted by Crippen LogP contribution is -2.45. The van der Waals surface area contributed by atoms with Gasteiger partial charge in [-0.25, -0.2) is 4.39 Å². The van der Waals surface area contributed by atoms with E-state index in [9.17, 15) is 19.7 Å². The number of aliphatic hydroxyl groups is 1. The molecular formula is C32H31FN2O2. The Morgan fingerprint density at radius 3 is 2.27 bits per heavy atom. The van der Waals surface area contributed by atoms with Crippen LogP contribution < -0.4 is 4.90 Å². The maximum atomic E-state index is 13.9. The molecule has 1 aliphatic carbocycles. The third kappa shape index (κ3) is 4.39. The van der Waals surface area contributed by atoms with Gasteiger partial charge >= 0.3 is 0 Å². The predicted molar refractivity (Wildman–Crippen MR) is 146 cm³/mol. The van der Waals surface area contributed by atoms with Crippen LogP contribution in [0.5, 0.6) is 0 Å². The van der Waals surface area contributed by atoms with E-state index in [2.05, 4.69) is 13.8 Å². The summed E-state index contributed by atoms with van der Waals surface area (Å²) >= 11 is 0. The molecule has 1 atom stereocenters. The van der Waals surface area contributed by atoms with Crippen molar-refractivity contribution < 1.29 is 14.3 Å². The minimum absolute atomic E-state index is 0.0131. The summed E-state index contributed by atoms with van der Waals surface area (Å²) in [4.78, 5) is 15.7. The van der Waals surface area contributed by atoms with Crippen LogP contribution in [0.4, 0.5) is 10.1 Å². The first kappa shape index (κ1) is 24.7. The summed E-state index contributed by atoms with van der Waals surface area (Å²) < 4.78 is 13.9. The number of aliphatic hydroxyl groups excluding tert-OH is 1. The number of anilines is 1. The molecule has 2 aliphatic rings. The fourth-order valence-corrected chi connectivity index (χ4v) is 5.55. The van der Waals surface area contributed by atoms with Crippen molar-refractivity contribution in [2.75, 3.05) is 4.90 Å². The largest absolute Gasteiger partial charge is 0.507 e. The summed E-state index contributed by atoms with van der Waals surface area (Å²) in [5.74, 6) is -1.02. The minimum atomic E-state index is -0.687. The number of Topliss-reactive ketones (excluding diaryl/α,β-unsaturated/α-hetero) is 1. The Hall–Kier alpha value is -3.99. The monoisotopic (exact) mass is 494 g/mol. The molecule has 5 rings (SSSR count). The van der Waals surface area contributed by atoms with Crippen LogP contribution >= 0.6 is 0 Å². The molecule has 1 unspecified atom stereocenters. The van der Waals surface area contributed by atoms with Gasteiger partial charge in [-0.05, 0) is 55.0 Å². The van der Waals surface area contributed by atoms with Crippen LogP contribution in [-0.4, -0.2) is 16.7 Å². The molecular weight excluding hydrogens is 463 g/mol. The Bertz CT molecular complexity index is 1460. The van der Waals surface area contributed by atoms with Crippen LogP contribution in [0.15, 0.2) is 89.6 Å². The highest BCUT2D eigenvalue weighted by molar-refractivity contribution is 6.20. The Kier molecular flexibility index (Phi) is 6.10. The summed E-state index contributed by atoms with van der Waals surface area (Å²) in [5.41, 5.74) is 5.44. The average molecular weight is 495 g/mol. The molecule has 0 aromatic heterocycles. The summed E-state index contributed by atoms with van der Waals surface area (Å²) in [7, 11) is 0. The van der Waals surface area contributed by atoms with Gasteiger partial charge in [-0.15, -0.1) is 0 Å². The summed E-state index contributed by atoms with van der Waals surface area (Å²) in [6, 6.07) is 21.3. The lowest BCUT2D eigenvalue weighted by atomic mass is 9.67. The van der Waals surface area contributed by atoms with Crippen molar-refractivity contribution in [3.8, 4) is 0 Å². The number of aryl methyl sites for hydroxylation is 2. The van der Waals surface area contributed by atoms with Gasteiger partial charge in [0.15, 0.2) is 5.78 Å². The van der Waals surface area contributed by atoms with E-state index in [1.165, 1.54) is 12.1 Å². The Morgan fingerprint density at radius 2 is 1.62 bits per heavy atom. The number of halogens is 1. The lowest BCUT2D eigenvalue weighted by molar-refractivity contribution is -0.118. The van der Waals surface area contributed by atoms with Gasteiger partial charge in [0.2, 0.25) is 0 Å². The van der Waals surface area contributed by atoms with Gasteiger partial charge in [0.1, 0.15) is 17.4 Å². The van der Waals surface area contributed by atoms with Gasteiger partial charge in [-0.2, -0.15) is 0 Å². The summed E-state index contributed by atoms with van der Waals surface area (Å²) in [6.45, 7) is 8.08. The normalized spacial score (nSPS) is 20.7. The number of nitrogens with zero attached hydrogens (tertiary/aromatic N) is 1. The minimum Gasteiger partial charge on any atom is -0.507 e. The number of benzene rings is 3. The Balaban J connectivity index is 1.86. The first-order valence-electron chi connectivity index (χ1n) is 12.5. The smallest absolute Gasteiger partial charge is 0.162 e. The van der Waals surface area contributed by atoms with Crippen molar-refractivity contribution in [2.45, 2.75) is 46.5 Å². The molecule has 3 aromatic carbocycles. The predicted octanol–water partition coefficient (Wildman–Crippen LogP) is 7.64. The van der Waals surface area contributed by atoms with Crippen LogP contribution in [0.1, 0.15) is 54.9 Å². The van der Waals surface area contributed by atoms with Gasteiger partial charge in [-0.3, -0.25) is 15.1 Å². The highest BCUT2D eigenvalue weighted by atomic mass is 19.1. The topological polar surface area (TPSA) is 64.4 Å². The molecule has 3 aromatic rings. The molecule has 1 aliphatic heterocycles. The number of ketones is 1. The van der Waals surface area contributed by atoms with Gasteiger partial charge in [-0.1, -0.05) is 74.0 Å². The van der Waals surface area contributed by atoms with Crippen molar-refractivity contribution >= 4 is 23.1 Å². The molecule has 2 N–H and O–H groups in total. The first-order chi connectivity index (χ1) is 17.6. The number of para-hydroxylation sites is 1. The molecule has 0 spiro atoms. The van der Waals surface area contributed by atoms with Crippen LogP contribution in [0.2, 0.25) is 0 Å². The van der Waals surface area contributed by atoms with Crippen molar-refractivity contribution in [1.29, 1.82) is 5.41 Å². The fourth-order valence-electron chi connectivity index (χ4n) is 5.55. The van der Waals surface area contributed by atoms with E-state index in [1.54, 1.807) is 12.1 Å². The number of hydrogen-bond donors (Lipinski definition) is 2. The van der Waals surface area contributed by atoms with Crippen molar-refractivity contribution in [3.63, 3.8) is 0 Å². The number of rotatable bonds is 3. The van der Waals surface area contributed by atoms with Crippen LogP contribution in [0.25, 0.3) is 5.76 Å². The molecule has 1 heterocycles. The third-order valence-electron chi connectivity index (χ3n) is 7.36. The maximum absolute atomic E-state index is 13.9. The average Bonchev–Trinajstić information content (AvgIpc) is 2.84. The second-order valence-corrected chi connectivity index (χ2v) is 10.9.